The zero-order valence-electron chi connectivity index (χ0n) is 12.0. The van der Waals surface area contributed by atoms with Crippen molar-refractivity contribution in [3.63, 3.8) is 0 Å². The normalized spacial score (nSPS) is 27.7. The van der Waals surface area contributed by atoms with Crippen LogP contribution >= 0.6 is 11.3 Å². The number of aromatic nitrogens is 1. The summed E-state index contributed by atoms with van der Waals surface area (Å²) in [7, 11) is 0. The Labute approximate surface area is 120 Å². The fraction of sp³-hybridized carbons (Fsp3) is 0.812. The van der Waals surface area contributed by atoms with E-state index in [0.29, 0.717) is 6.54 Å². The van der Waals surface area contributed by atoms with Crippen molar-refractivity contribution < 1.29 is 0 Å². The first-order valence-corrected chi connectivity index (χ1v) is 8.83. The van der Waals surface area contributed by atoms with Gasteiger partial charge in [0.2, 0.25) is 0 Å². The van der Waals surface area contributed by atoms with Gasteiger partial charge < -0.3 is 5.73 Å². The minimum Gasteiger partial charge on any atom is -0.326 e. The van der Waals surface area contributed by atoms with Crippen LogP contribution in [0, 0.1) is 5.92 Å². The summed E-state index contributed by atoms with van der Waals surface area (Å²) in [6.07, 6.45) is 11.0. The monoisotopic (exact) mass is 278 g/mol. The van der Waals surface area contributed by atoms with Gasteiger partial charge in [0.1, 0.15) is 0 Å². The molecule has 2 saturated carbocycles. The zero-order valence-corrected chi connectivity index (χ0v) is 12.8. The second kappa shape index (κ2) is 5.92. The number of nitrogens with zero attached hydrogens (tertiary/aromatic N) is 1. The third-order valence-corrected chi connectivity index (χ3v) is 6.04. The van der Waals surface area contributed by atoms with Gasteiger partial charge in [-0.15, -0.1) is 11.3 Å². The van der Waals surface area contributed by atoms with E-state index < -0.39 is 0 Å². The predicted octanol–water partition coefficient (Wildman–Crippen LogP) is 4.55. The van der Waals surface area contributed by atoms with Crippen LogP contribution < -0.4 is 5.73 Å². The van der Waals surface area contributed by atoms with Gasteiger partial charge in [0.25, 0.3) is 0 Å². The molecular weight excluding hydrogens is 252 g/mol. The van der Waals surface area contributed by atoms with E-state index in [1.54, 1.807) is 0 Å². The molecule has 0 atom stereocenters. The number of rotatable bonds is 5. The highest BCUT2D eigenvalue weighted by Crippen LogP contribution is 2.45. The van der Waals surface area contributed by atoms with Crippen molar-refractivity contribution in [2.24, 2.45) is 11.7 Å². The second-order valence-corrected chi connectivity index (χ2v) is 7.46. The average molecular weight is 278 g/mol. The SMILES string of the molecule is CCCC1CCC(c2nc(C3CC3)c(CN)s2)CC1. The standard InChI is InChI=1S/C16H26N2S/c1-2-3-11-4-6-13(7-5-11)16-18-15(12-8-9-12)14(10-17)19-16/h11-13H,2-10,17H2,1H3. The minimum atomic E-state index is 0.689. The topological polar surface area (TPSA) is 38.9 Å². The highest BCUT2D eigenvalue weighted by Gasteiger charge is 2.31. The van der Waals surface area contributed by atoms with Crippen LogP contribution in [0.2, 0.25) is 0 Å². The molecule has 2 N–H and O–H groups in total. The molecular formula is C16H26N2S. The third-order valence-electron chi connectivity index (χ3n) is 4.79. The molecule has 0 amide bonds. The number of nitrogens with two attached hydrogens (primary N) is 1. The molecule has 19 heavy (non-hydrogen) atoms. The van der Waals surface area contributed by atoms with Crippen LogP contribution in [0.5, 0.6) is 0 Å². The summed E-state index contributed by atoms with van der Waals surface area (Å²) in [5, 5.41) is 1.40. The molecule has 1 heterocycles. The second-order valence-electron chi connectivity index (χ2n) is 6.35. The molecule has 3 rings (SSSR count). The Balaban J connectivity index is 1.66. The molecule has 0 aromatic carbocycles. The van der Waals surface area contributed by atoms with Crippen molar-refractivity contribution in [3.8, 4) is 0 Å². The summed E-state index contributed by atoms with van der Waals surface area (Å²) < 4.78 is 0. The molecule has 106 valence electrons. The Morgan fingerprint density at radius 1 is 1.11 bits per heavy atom. The highest BCUT2D eigenvalue weighted by molar-refractivity contribution is 7.11. The first kappa shape index (κ1) is 13.6. The summed E-state index contributed by atoms with van der Waals surface area (Å²) in [6.45, 7) is 3.00. The van der Waals surface area contributed by atoms with E-state index in [-0.39, 0.29) is 0 Å². The Hall–Kier alpha value is -0.410. The van der Waals surface area contributed by atoms with Crippen molar-refractivity contribution in [1.29, 1.82) is 0 Å². The molecule has 0 spiro atoms. The molecule has 1 aromatic rings. The third kappa shape index (κ3) is 3.03. The van der Waals surface area contributed by atoms with Crippen LogP contribution in [-0.2, 0) is 6.54 Å². The smallest absolute Gasteiger partial charge is 0.0962 e. The van der Waals surface area contributed by atoms with Crippen LogP contribution in [0.15, 0.2) is 0 Å². The fourth-order valence-electron chi connectivity index (χ4n) is 3.49. The molecule has 0 bridgehead atoms. The van der Waals surface area contributed by atoms with Gasteiger partial charge in [0.05, 0.1) is 10.7 Å². The van der Waals surface area contributed by atoms with Gasteiger partial charge in [-0.1, -0.05) is 19.8 Å². The fourth-order valence-corrected chi connectivity index (χ4v) is 4.68. The predicted molar refractivity (Wildman–Crippen MR) is 81.6 cm³/mol. The van der Waals surface area contributed by atoms with E-state index in [4.69, 9.17) is 10.7 Å². The molecule has 2 nitrogen and oxygen atoms in total. The van der Waals surface area contributed by atoms with Crippen LogP contribution in [-0.4, -0.2) is 4.98 Å². The van der Waals surface area contributed by atoms with E-state index in [2.05, 4.69) is 6.92 Å². The first-order valence-electron chi connectivity index (χ1n) is 8.01. The van der Waals surface area contributed by atoms with Crippen LogP contribution in [0.1, 0.15) is 85.7 Å². The lowest BCUT2D eigenvalue weighted by atomic mass is 9.80. The lowest BCUT2D eigenvalue weighted by molar-refractivity contribution is 0.308. The summed E-state index contributed by atoms with van der Waals surface area (Å²) in [5.41, 5.74) is 7.25. The van der Waals surface area contributed by atoms with Crippen molar-refractivity contribution in [1.82, 2.24) is 4.98 Å². The average Bonchev–Trinajstić information content (AvgIpc) is 3.19. The number of thiazole rings is 1. The highest BCUT2D eigenvalue weighted by atomic mass is 32.1. The minimum absolute atomic E-state index is 0.689. The molecule has 2 aliphatic rings. The van der Waals surface area contributed by atoms with Crippen LogP contribution in [0.4, 0.5) is 0 Å². The molecule has 0 unspecified atom stereocenters. The van der Waals surface area contributed by atoms with E-state index in [1.807, 2.05) is 11.3 Å². The molecule has 1 aromatic heterocycles. The van der Waals surface area contributed by atoms with E-state index >= 15 is 0 Å². The quantitative estimate of drug-likeness (QED) is 0.858. The van der Waals surface area contributed by atoms with Gasteiger partial charge in [-0.2, -0.15) is 0 Å². The molecule has 3 heteroatoms. The molecule has 2 fully saturated rings. The first-order chi connectivity index (χ1) is 9.31. The summed E-state index contributed by atoms with van der Waals surface area (Å²) in [6, 6.07) is 0. The van der Waals surface area contributed by atoms with Gasteiger partial charge in [0, 0.05) is 23.3 Å². The lowest BCUT2D eigenvalue weighted by Gasteiger charge is -2.27. The van der Waals surface area contributed by atoms with Gasteiger partial charge in [-0.25, -0.2) is 4.98 Å². The molecule has 0 saturated heterocycles. The van der Waals surface area contributed by atoms with E-state index in [0.717, 1.165) is 17.8 Å². The maximum absolute atomic E-state index is 5.89. The Morgan fingerprint density at radius 2 is 1.79 bits per heavy atom. The van der Waals surface area contributed by atoms with E-state index in [9.17, 15) is 0 Å². The van der Waals surface area contributed by atoms with Crippen molar-refractivity contribution >= 4 is 11.3 Å². The van der Waals surface area contributed by atoms with Gasteiger partial charge >= 0.3 is 0 Å². The van der Waals surface area contributed by atoms with Gasteiger partial charge in [-0.05, 0) is 44.4 Å². The number of hydrogen-bond acceptors (Lipinski definition) is 3. The zero-order chi connectivity index (χ0) is 13.2. The Kier molecular flexibility index (Phi) is 4.23. The van der Waals surface area contributed by atoms with Crippen molar-refractivity contribution in [2.75, 3.05) is 0 Å². The molecule has 0 aliphatic heterocycles. The summed E-state index contributed by atoms with van der Waals surface area (Å²) >= 11 is 1.91. The summed E-state index contributed by atoms with van der Waals surface area (Å²) in [4.78, 5) is 6.34. The Morgan fingerprint density at radius 3 is 2.37 bits per heavy atom. The Bertz CT molecular complexity index is 414. The lowest BCUT2D eigenvalue weighted by Crippen LogP contribution is -2.13. The maximum Gasteiger partial charge on any atom is 0.0962 e. The van der Waals surface area contributed by atoms with Crippen LogP contribution in [0.3, 0.4) is 0 Å². The summed E-state index contributed by atoms with van der Waals surface area (Å²) in [5.74, 6) is 2.47. The van der Waals surface area contributed by atoms with Gasteiger partial charge in [-0.3, -0.25) is 0 Å². The number of hydrogen-bond donors (Lipinski definition) is 1. The molecule has 2 aliphatic carbocycles. The maximum atomic E-state index is 5.89. The van der Waals surface area contributed by atoms with Crippen LogP contribution in [0.25, 0.3) is 0 Å². The van der Waals surface area contributed by atoms with Gasteiger partial charge in [0.15, 0.2) is 0 Å². The van der Waals surface area contributed by atoms with Crippen molar-refractivity contribution in [3.05, 3.63) is 15.6 Å². The van der Waals surface area contributed by atoms with E-state index in [1.165, 1.54) is 66.9 Å². The largest absolute Gasteiger partial charge is 0.326 e. The molecule has 0 radical (unpaired) electrons. The van der Waals surface area contributed by atoms with Crippen molar-refractivity contribution in [2.45, 2.75) is 76.7 Å².